The standard InChI is InChI=1S/C24H25N3O3/c1-15(2)27-14-21(18-6-4-5-7-19(18)24(27)29)23(28)25-11-10-16-13-26-22-9-8-17(30-3)12-20(16)22/h4-9,12-15,26H,10-11H2,1-3H3,(H,25,28). The second-order valence-corrected chi connectivity index (χ2v) is 7.63. The molecule has 6 heteroatoms. The molecule has 6 nitrogen and oxygen atoms in total. The van der Waals surface area contributed by atoms with Crippen LogP contribution in [0.2, 0.25) is 0 Å². The lowest BCUT2D eigenvalue weighted by atomic mass is 10.1. The van der Waals surface area contributed by atoms with Gasteiger partial charge >= 0.3 is 0 Å². The van der Waals surface area contributed by atoms with Crippen LogP contribution in [0, 0.1) is 0 Å². The van der Waals surface area contributed by atoms with Crippen LogP contribution in [-0.4, -0.2) is 29.1 Å². The summed E-state index contributed by atoms with van der Waals surface area (Å²) in [7, 11) is 1.65. The van der Waals surface area contributed by atoms with Crippen LogP contribution in [0.4, 0.5) is 0 Å². The van der Waals surface area contributed by atoms with Gasteiger partial charge in [-0.05, 0) is 50.1 Å². The van der Waals surface area contributed by atoms with Crippen molar-refractivity contribution in [3.8, 4) is 5.75 Å². The zero-order valence-electron chi connectivity index (χ0n) is 17.4. The average Bonchev–Trinajstić information content (AvgIpc) is 3.16. The normalized spacial score (nSPS) is 11.3. The van der Waals surface area contributed by atoms with Gasteiger partial charge in [0.1, 0.15) is 5.75 Å². The number of hydrogen-bond acceptors (Lipinski definition) is 3. The Morgan fingerprint density at radius 2 is 1.90 bits per heavy atom. The highest BCUT2D eigenvalue weighted by Crippen LogP contribution is 2.24. The summed E-state index contributed by atoms with van der Waals surface area (Å²) >= 11 is 0. The molecule has 0 aliphatic carbocycles. The molecule has 0 atom stereocenters. The predicted molar refractivity (Wildman–Crippen MR) is 119 cm³/mol. The fourth-order valence-electron chi connectivity index (χ4n) is 3.77. The van der Waals surface area contributed by atoms with Gasteiger partial charge in [0.2, 0.25) is 0 Å². The maximum absolute atomic E-state index is 13.0. The van der Waals surface area contributed by atoms with E-state index >= 15 is 0 Å². The summed E-state index contributed by atoms with van der Waals surface area (Å²) in [6.45, 7) is 4.35. The molecule has 154 valence electrons. The second kappa shape index (κ2) is 8.06. The van der Waals surface area contributed by atoms with Crippen molar-refractivity contribution >= 4 is 27.6 Å². The van der Waals surface area contributed by atoms with Gasteiger partial charge in [0, 0.05) is 46.7 Å². The quantitative estimate of drug-likeness (QED) is 0.510. The zero-order chi connectivity index (χ0) is 21.3. The molecule has 2 aromatic heterocycles. The molecule has 0 unspecified atom stereocenters. The highest BCUT2D eigenvalue weighted by molar-refractivity contribution is 6.06. The molecular weight excluding hydrogens is 378 g/mol. The van der Waals surface area contributed by atoms with Crippen LogP contribution < -0.4 is 15.6 Å². The number of carbonyl (C=O) groups excluding carboxylic acids is 1. The van der Waals surface area contributed by atoms with E-state index in [1.807, 2.05) is 56.4 Å². The number of H-pyrrole nitrogens is 1. The number of hydrogen-bond donors (Lipinski definition) is 2. The summed E-state index contributed by atoms with van der Waals surface area (Å²) in [5.41, 5.74) is 2.58. The van der Waals surface area contributed by atoms with Gasteiger partial charge in [0.05, 0.1) is 12.7 Å². The summed E-state index contributed by atoms with van der Waals surface area (Å²) in [6.07, 6.45) is 4.31. The van der Waals surface area contributed by atoms with Crippen molar-refractivity contribution < 1.29 is 9.53 Å². The molecule has 0 spiro atoms. The molecule has 0 aliphatic heterocycles. The lowest BCUT2D eigenvalue weighted by Gasteiger charge is -2.15. The molecule has 2 N–H and O–H groups in total. The number of pyridine rings is 1. The van der Waals surface area contributed by atoms with Crippen molar-refractivity contribution in [3.63, 3.8) is 0 Å². The van der Waals surface area contributed by atoms with Crippen molar-refractivity contribution in [3.05, 3.63) is 76.3 Å². The van der Waals surface area contributed by atoms with E-state index < -0.39 is 0 Å². The summed E-state index contributed by atoms with van der Waals surface area (Å²) in [5, 5.41) is 5.33. The van der Waals surface area contributed by atoms with Crippen LogP contribution in [-0.2, 0) is 6.42 Å². The summed E-state index contributed by atoms with van der Waals surface area (Å²) in [4.78, 5) is 28.9. The topological polar surface area (TPSA) is 76.1 Å². The van der Waals surface area contributed by atoms with E-state index in [1.54, 1.807) is 23.9 Å². The van der Waals surface area contributed by atoms with Crippen LogP contribution >= 0.6 is 0 Å². The molecule has 1 amide bonds. The minimum atomic E-state index is -0.182. The third-order valence-corrected chi connectivity index (χ3v) is 5.41. The number of nitrogens with zero attached hydrogens (tertiary/aromatic N) is 1. The Bertz CT molecular complexity index is 1280. The third kappa shape index (κ3) is 3.56. The molecule has 0 saturated carbocycles. The number of aromatic amines is 1. The SMILES string of the molecule is COc1ccc2[nH]cc(CCNC(=O)c3cn(C(C)C)c(=O)c4ccccc34)c2c1. The van der Waals surface area contributed by atoms with Gasteiger partial charge in [0.15, 0.2) is 0 Å². The van der Waals surface area contributed by atoms with Crippen molar-refractivity contribution in [2.45, 2.75) is 26.3 Å². The Labute approximate surface area is 174 Å². The highest BCUT2D eigenvalue weighted by atomic mass is 16.5. The lowest BCUT2D eigenvalue weighted by Crippen LogP contribution is -2.29. The maximum atomic E-state index is 13.0. The molecule has 0 aliphatic rings. The molecule has 0 saturated heterocycles. The van der Waals surface area contributed by atoms with Crippen LogP contribution in [0.1, 0.15) is 35.8 Å². The summed E-state index contributed by atoms with van der Waals surface area (Å²) in [6, 6.07) is 13.1. The van der Waals surface area contributed by atoms with E-state index in [9.17, 15) is 9.59 Å². The van der Waals surface area contributed by atoms with Gasteiger partial charge in [0.25, 0.3) is 11.5 Å². The number of methoxy groups -OCH3 is 1. The van der Waals surface area contributed by atoms with E-state index in [4.69, 9.17) is 4.74 Å². The minimum Gasteiger partial charge on any atom is -0.497 e. The van der Waals surface area contributed by atoms with Crippen LogP contribution in [0.25, 0.3) is 21.7 Å². The first-order valence-corrected chi connectivity index (χ1v) is 10.1. The third-order valence-electron chi connectivity index (χ3n) is 5.41. The van der Waals surface area contributed by atoms with Gasteiger partial charge < -0.3 is 19.6 Å². The van der Waals surface area contributed by atoms with E-state index in [0.717, 1.165) is 22.2 Å². The molecule has 0 fully saturated rings. The van der Waals surface area contributed by atoms with Crippen molar-refractivity contribution in [1.29, 1.82) is 0 Å². The Balaban J connectivity index is 1.57. The molecule has 2 heterocycles. The number of ether oxygens (including phenoxy) is 1. The molecule has 4 aromatic rings. The fourth-order valence-corrected chi connectivity index (χ4v) is 3.77. The number of fused-ring (bicyclic) bond motifs is 2. The minimum absolute atomic E-state index is 0.0325. The molecule has 0 bridgehead atoms. The van der Waals surface area contributed by atoms with E-state index in [0.29, 0.717) is 29.3 Å². The maximum Gasteiger partial charge on any atom is 0.258 e. The molecule has 2 aromatic carbocycles. The number of amides is 1. The van der Waals surface area contributed by atoms with E-state index in [-0.39, 0.29) is 17.5 Å². The van der Waals surface area contributed by atoms with E-state index in [2.05, 4.69) is 10.3 Å². The average molecular weight is 403 g/mol. The number of rotatable bonds is 6. The first-order valence-electron chi connectivity index (χ1n) is 10.1. The van der Waals surface area contributed by atoms with Crippen molar-refractivity contribution in [2.75, 3.05) is 13.7 Å². The highest BCUT2D eigenvalue weighted by Gasteiger charge is 2.16. The largest absolute Gasteiger partial charge is 0.497 e. The van der Waals surface area contributed by atoms with Crippen molar-refractivity contribution in [2.24, 2.45) is 0 Å². The van der Waals surface area contributed by atoms with Crippen LogP contribution in [0.5, 0.6) is 5.75 Å². The Kier molecular flexibility index (Phi) is 5.31. The van der Waals surface area contributed by atoms with Gasteiger partial charge in [-0.1, -0.05) is 18.2 Å². The van der Waals surface area contributed by atoms with Gasteiger partial charge in [-0.2, -0.15) is 0 Å². The van der Waals surface area contributed by atoms with Gasteiger partial charge in [-0.25, -0.2) is 0 Å². The fraction of sp³-hybridized carbons (Fsp3) is 0.250. The zero-order valence-corrected chi connectivity index (χ0v) is 17.4. The Hall–Kier alpha value is -3.54. The van der Waals surface area contributed by atoms with Gasteiger partial charge in [-0.15, -0.1) is 0 Å². The molecule has 4 rings (SSSR count). The summed E-state index contributed by atoms with van der Waals surface area (Å²) < 4.78 is 6.93. The first kappa shape index (κ1) is 19.8. The molecular formula is C24H25N3O3. The number of benzene rings is 2. The number of carbonyl (C=O) groups is 1. The smallest absolute Gasteiger partial charge is 0.258 e. The Morgan fingerprint density at radius 1 is 1.13 bits per heavy atom. The van der Waals surface area contributed by atoms with Crippen molar-refractivity contribution in [1.82, 2.24) is 14.9 Å². The van der Waals surface area contributed by atoms with Crippen LogP contribution in [0.3, 0.4) is 0 Å². The first-order chi connectivity index (χ1) is 14.5. The van der Waals surface area contributed by atoms with E-state index in [1.165, 1.54) is 0 Å². The summed E-state index contributed by atoms with van der Waals surface area (Å²) in [5.74, 6) is 0.618. The molecule has 30 heavy (non-hydrogen) atoms. The lowest BCUT2D eigenvalue weighted by molar-refractivity contribution is 0.0955. The number of aromatic nitrogens is 2. The van der Waals surface area contributed by atoms with Gasteiger partial charge in [-0.3, -0.25) is 9.59 Å². The number of nitrogens with one attached hydrogen (secondary N) is 2. The second-order valence-electron chi connectivity index (χ2n) is 7.63. The predicted octanol–water partition coefficient (Wildman–Crippen LogP) is 4.04. The van der Waals surface area contributed by atoms with Crippen LogP contribution in [0.15, 0.2) is 59.7 Å². The Morgan fingerprint density at radius 3 is 2.63 bits per heavy atom. The monoisotopic (exact) mass is 403 g/mol. The molecule has 0 radical (unpaired) electrons.